The predicted molar refractivity (Wildman–Crippen MR) is 50.8 cm³/mol. The van der Waals surface area contributed by atoms with Crippen LogP contribution in [0.1, 0.15) is 6.42 Å². The summed E-state index contributed by atoms with van der Waals surface area (Å²) < 4.78 is 34.2. The van der Waals surface area contributed by atoms with Crippen LogP contribution in [0.15, 0.2) is 17.5 Å². The minimum atomic E-state index is -3.84. The van der Waals surface area contributed by atoms with Crippen molar-refractivity contribution in [1.82, 2.24) is 0 Å². The highest BCUT2D eigenvalue weighted by Gasteiger charge is 2.03. The lowest BCUT2D eigenvalue weighted by atomic mass is 10.5. The maximum Gasteiger partial charge on any atom is 0.264 e. The summed E-state index contributed by atoms with van der Waals surface area (Å²) in [6.07, 6.45) is 0.302. The Balaban J connectivity index is 2.16. The normalized spacial score (nSPS) is 11.5. The third-order valence-corrected chi connectivity index (χ3v) is 2.87. The van der Waals surface area contributed by atoms with Crippen molar-refractivity contribution < 1.29 is 17.7 Å². The molecule has 6 heteroatoms. The summed E-state index contributed by atoms with van der Waals surface area (Å²) in [6, 6.07) is 3.65. The van der Waals surface area contributed by atoms with E-state index in [9.17, 15) is 8.42 Å². The van der Waals surface area contributed by atoms with Crippen LogP contribution < -0.4 is 4.74 Å². The van der Waals surface area contributed by atoms with Crippen LogP contribution in [-0.2, 0) is 10.1 Å². The van der Waals surface area contributed by atoms with Gasteiger partial charge in [0.1, 0.15) is 0 Å². The Labute approximate surface area is 80.9 Å². The van der Waals surface area contributed by atoms with Crippen molar-refractivity contribution in [3.63, 3.8) is 0 Å². The molecule has 0 aliphatic carbocycles. The van der Waals surface area contributed by atoms with E-state index in [1.807, 2.05) is 11.4 Å². The molecule has 1 rings (SSSR count). The first kappa shape index (κ1) is 10.5. The monoisotopic (exact) mass is 222 g/mol. The van der Waals surface area contributed by atoms with Gasteiger partial charge in [-0.3, -0.25) is 4.55 Å². The Bertz CT molecular complexity index is 327. The molecular formula is C7H10O4S2. The summed E-state index contributed by atoms with van der Waals surface area (Å²) >= 11 is 1.45. The number of thiophene rings is 1. The predicted octanol–water partition coefficient (Wildman–Crippen LogP) is 1.40. The van der Waals surface area contributed by atoms with Crippen LogP contribution in [0, 0.1) is 0 Å². The molecule has 0 saturated heterocycles. The molecule has 4 nitrogen and oxygen atoms in total. The molecule has 0 amide bonds. The number of rotatable bonds is 5. The lowest BCUT2D eigenvalue weighted by Gasteiger charge is -2.00. The van der Waals surface area contributed by atoms with Gasteiger partial charge in [-0.1, -0.05) is 0 Å². The van der Waals surface area contributed by atoms with Gasteiger partial charge in [-0.05, 0) is 23.9 Å². The van der Waals surface area contributed by atoms with E-state index < -0.39 is 10.1 Å². The van der Waals surface area contributed by atoms with Crippen LogP contribution in [0.25, 0.3) is 0 Å². The van der Waals surface area contributed by atoms with Crippen LogP contribution in [0.4, 0.5) is 0 Å². The third kappa shape index (κ3) is 4.87. The molecule has 13 heavy (non-hydrogen) atoms. The Kier molecular flexibility index (Phi) is 3.71. The zero-order valence-electron chi connectivity index (χ0n) is 6.84. The van der Waals surface area contributed by atoms with Crippen molar-refractivity contribution in [2.75, 3.05) is 12.4 Å². The molecule has 0 unspecified atom stereocenters. The van der Waals surface area contributed by atoms with Crippen molar-refractivity contribution in [2.24, 2.45) is 0 Å². The molecule has 74 valence electrons. The van der Waals surface area contributed by atoms with Gasteiger partial charge in [0.15, 0.2) is 5.06 Å². The molecule has 1 aromatic heterocycles. The standard InChI is InChI=1S/C7H10O4S2/c8-13(9,10)6-2-4-11-7-3-1-5-12-7/h1,3,5H,2,4,6H2,(H,8,9,10). The Morgan fingerprint density at radius 2 is 2.31 bits per heavy atom. The average molecular weight is 222 g/mol. The van der Waals surface area contributed by atoms with Crippen LogP contribution in [0.5, 0.6) is 5.06 Å². The van der Waals surface area contributed by atoms with Gasteiger partial charge in [0.25, 0.3) is 10.1 Å². The van der Waals surface area contributed by atoms with Gasteiger partial charge in [0.2, 0.25) is 0 Å². The Hall–Kier alpha value is -0.590. The Morgan fingerprint density at radius 3 is 2.85 bits per heavy atom. The zero-order chi connectivity index (χ0) is 9.73. The summed E-state index contributed by atoms with van der Waals surface area (Å²) in [6.45, 7) is 0.306. The van der Waals surface area contributed by atoms with Crippen LogP contribution >= 0.6 is 11.3 Å². The second kappa shape index (κ2) is 4.59. The first-order valence-corrected chi connectivity index (χ1v) is 6.18. The van der Waals surface area contributed by atoms with Crippen LogP contribution in [-0.4, -0.2) is 25.3 Å². The van der Waals surface area contributed by atoms with E-state index in [0.29, 0.717) is 13.0 Å². The summed E-state index contributed by atoms with van der Waals surface area (Å²) in [5, 5.41) is 2.63. The first-order valence-electron chi connectivity index (χ1n) is 3.69. The molecule has 0 spiro atoms. The Morgan fingerprint density at radius 1 is 1.54 bits per heavy atom. The maximum atomic E-state index is 10.3. The molecule has 0 atom stereocenters. The fraction of sp³-hybridized carbons (Fsp3) is 0.429. The SMILES string of the molecule is O=S(=O)(O)CCCOc1cccs1. The number of hydrogen-bond donors (Lipinski definition) is 1. The van der Waals surface area contributed by atoms with Gasteiger partial charge in [0.05, 0.1) is 12.4 Å². The summed E-state index contributed by atoms with van der Waals surface area (Å²) in [5.74, 6) is -0.252. The fourth-order valence-electron chi connectivity index (χ4n) is 0.760. The van der Waals surface area contributed by atoms with E-state index in [2.05, 4.69) is 0 Å². The summed E-state index contributed by atoms with van der Waals surface area (Å²) in [5.41, 5.74) is 0. The van der Waals surface area contributed by atoms with E-state index in [1.54, 1.807) is 6.07 Å². The van der Waals surface area contributed by atoms with Crippen molar-refractivity contribution in [3.05, 3.63) is 17.5 Å². The van der Waals surface area contributed by atoms with E-state index >= 15 is 0 Å². The van der Waals surface area contributed by atoms with Crippen molar-refractivity contribution >= 4 is 21.5 Å². The average Bonchev–Trinajstić information content (AvgIpc) is 2.48. The molecule has 0 aliphatic heterocycles. The van der Waals surface area contributed by atoms with Gasteiger partial charge in [-0.15, -0.1) is 11.3 Å². The molecular weight excluding hydrogens is 212 g/mol. The second-order valence-corrected chi connectivity index (χ2v) is 4.90. The second-order valence-electron chi connectivity index (χ2n) is 2.42. The number of hydrogen-bond acceptors (Lipinski definition) is 4. The molecule has 0 aromatic carbocycles. The minimum Gasteiger partial charge on any atom is -0.484 e. The van der Waals surface area contributed by atoms with Gasteiger partial charge in [0, 0.05) is 0 Å². The fourth-order valence-corrected chi connectivity index (χ4v) is 1.84. The summed E-state index contributed by atoms with van der Waals surface area (Å²) in [4.78, 5) is 0. The van der Waals surface area contributed by atoms with Crippen molar-refractivity contribution in [2.45, 2.75) is 6.42 Å². The molecule has 0 fully saturated rings. The highest BCUT2D eigenvalue weighted by Crippen LogP contribution is 2.17. The highest BCUT2D eigenvalue weighted by atomic mass is 32.2. The minimum absolute atomic E-state index is 0.252. The lowest BCUT2D eigenvalue weighted by Crippen LogP contribution is -2.08. The highest BCUT2D eigenvalue weighted by molar-refractivity contribution is 7.85. The molecule has 0 saturated carbocycles. The smallest absolute Gasteiger partial charge is 0.264 e. The first-order chi connectivity index (χ1) is 6.08. The van der Waals surface area contributed by atoms with Crippen LogP contribution in [0.2, 0.25) is 0 Å². The third-order valence-electron chi connectivity index (χ3n) is 1.29. The van der Waals surface area contributed by atoms with Gasteiger partial charge in [-0.25, -0.2) is 0 Å². The molecule has 0 bridgehead atoms. The summed E-state index contributed by atoms with van der Waals surface area (Å²) in [7, 11) is -3.84. The van der Waals surface area contributed by atoms with E-state index in [1.165, 1.54) is 11.3 Å². The molecule has 1 aromatic rings. The zero-order valence-corrected chi connectivity index (χ0v) is 8.47. The van der Waals surface area contributed by atoms with Crippen LogP contribution in [0.3, 0.4) is 0 Å². The van der Waals surface area contributed by atoms with Crippen molar-refractivity contribution in [3.8, 4) is 5.06 Å². The molecule has 1 heterocycles. The van der Waals surface area contributed by atoms with Gasteiger partial charge >= 0.3 is 0 Å². The van der Waals surface area contributed by atoms with E-state index in [0.717, 1.165) is 5.06 Å². The molecule has 0 aliphatic rings. The lowest BCUT2D eigenvalue weighted by molar-refractivity contribution is 0.325. The number of ether oxygens (including phenoxy) is 1. The van der Waals surface area contributed by atoms with Gasteiger partial charge < -0.3 is 4.74 Å². The topological polar surface area (TPSA) is 63.6 Å². The molecule has 1 N–H and O–H groups in total. The van der Waals surface area contributed by atoms with E-state index in [4.69, 9.17) is 9.29 Å². The maximum absolute atomic E-state index is 10.3. The van der Waals surface area contributed by atoms with Crippen molar-refractivity contribution in [1.29, 1.82) is 0 Å². The van der Waals surface area contributed by atoms with Gasteiger partial charge in [-0.2, -0.15) is 8.42 Å². The quantitative estimate of drug-likeness (QED) is 0.604. The largest absolute Gasteiger partial charge is 0.484 e. The van der Waals surface area contributed by atoms with E-state index in [-0.39, 0.29) is 5.75 Å². The molecule has 0 radical (unpaired) electrons.